The number of urea groups is 1. The van der Waals surface area contributed by atoms with Gasteiger partial charge in [-0.15, -0.1) is 0 Å². The summed E-state index contributed by atoms with van der Waals surface area (Å²) in [6.45, 7) is 0. The van der Waals surface area contributed by atoms with Crippen LogP contribution in [0.15, 0.2) is 67.1 Å². The van der Waals surface area contributed by atoms with E-state index in [1.54, 1.807) is 34.9 Å². The molecule has 2 N–H and O–H groups in total. The van der Waals surface area contributed by atoms with E-state index < -0.39 is 17.7 Å². The fourth-order valence-corrected chi connectivity index (χ4v) is 2.60. The molecule has 2 aromatic carbocycles. The quantitative estimate of drug-likeness (QED) is 0.568. The maximum absolute atomic E-state index is 13.6. The van der Waals surface area contributed by atoms with Crippen LogP contribution in [0, 0.1) is 11.6 Å². The van der Waals surface area contributed by atoms with Gasteiger partial charge in [-0.3, -0.25) is 4.40 Å². The zero-order valence-electron chi connectivity index (χ0n) is 13.9. The number of fused-ring (bicyclic) bond motifs is 1. The average Bonchev–Trinajstić information content (AvgIpc) is 3.08. The standard InChI is InChI=1S/C19H13F2N5O/c20-13-5-6-16(15(21)10-13)25-19(27)23-14-4-1-3-12(9-14)17-11-26-8-2-7-22-18(26)24-17/h1-11H,(H2,23,25,27). The van der Waals surface area contributed by atoms with E-state index in [9.17, 15) is 13.6 Å². The normalized spacial score (nSPS) is 10.7. The first-order chi connectivity index (χ1) is 13.1. The summed E-state index contributed by atoms with van der Waals surface area (Å²) in [5.74, 6) is -1.00. The van der Waals surface area contributed by atoms with Gasteiger partial charge in [0.25, 0.3) is 0 Å². The molecule has 0 aliphatic rings. The summed E-state index contributed by atoms with van der Waals surface area (Å²) in [7, 11) is 0. The molecule has 0 unspecified atom stereocenters. The Balaban J connectivity index is 1.53. The Morgan fingerprint density at radius 3 is 2.74 bits per heavy atom. The van der Waals surface area contributed by atoms with Crippen molar-refractivity contribution in [1.29, 1.82) is 0 Å². The number of carbonyl (C=O) groups excluding carboxylic acids is 1. The Bertz CT molecular complexity index is 1110. The number of anilines is 2. The van der Waals surface area contributed by atoms with Crippen molar-refractivity contribution in [3.8, 4) is 11.3 Å². The highest BCUT2D eigenvalue weighted by Gasteiger charge is 2.10. The molecule has 0 saturated carbocycles. The van der Waals surface area contributed by atoms with Crippen molar-refractivity contribution in [3.63, 3.8) is 0 Å². The van der Waals surface area contributed by atoms with Gasteiger partial charge >= 0.3 is 6.03 Å². The lowest BCUT2D eigenvalue weighted by molar-refractivity contribution is 0.262. The van der Waals surface area contributed by atoms with E-state index >= 15 is 0 Å². The first kappa shape index (κ1) is 16.6. The molecule has 134 valence electrons. The van der Waals surface area contributed by atoms with Crippen molar-refractivity contribution in [2.75, 3.05) is 10.6 Å². The number of nitrogens with one attached hydrogen (secondary N) is 2. The van der Waals surface area contributed by atoms with E-state index in [1.807, 2.05) is 18.5 Å². The number of rotatable bonds is 3. The smallest absolute Gasteiger partial charge is 0.308 e. The van der Waals surface area contributed by atoms with Crippen LogP contribution in [0.25, 0.3) is 17.0 Å². The van der Waals surface area contributed by atoms with Crippen LogP contribution in [0.2, 0.25) is 0 Å². The zero-order valence-corrected chi connectivity index (χ0v) is 13.9. The minimum atomic E-state index is -0.851. The van der Waals surface area contributed by atoms with Gasteiger partial charge in [0.1, 0.15) is 11.6 Å². The zero-order chi connectivity index (χ0) is 18.8. The summed E-state index contributed by atoms with van der Waals surface area (Å²) >= 11 is 0. The van der Waals surface area contributed by atoms with Gasteiger partial charge in [0.05, 0.1) is 11.4 Å². The van der Waals surface area contributed by atoms with E-state index in [0.29, 0.717) is 23.2 Å². The van der Waals surface area contributed by atoms with Crippen LogP contribution in [0.5, 0.6) is 0 Å². The second kappa shape index (κ2) is 6.83. The fraction of sp³-hybridized carbons (Fsp3) is 0. The van der Waals surface area contributed by atoms with E-state index in [1.165, 1.54) is 0 Å². The third-order valence-corrected chi connectivity index (χ3v) is 3.83. The van der Waals surface area contributed by atoms with E-state index in [-0.39, 0.29) is 5.69 Å². The SMILES string of the molecule is O=C(Nc1cccc(-c2cn3cccnc3n2)c1)Nc1ccc(F)cc1F. The summed E-state index contributed by atoms with van der Waals surface area (Å²) in [6.07, 6.45) is 5.32. The molecule has 2 aromatic heterocycles. The highest BCUT2D eigenvalue weighted by molar-refractivity contribution is 6.00. The predicted octanol–water partition coefficient (Wildman–Crippen LogP) is 4.32. The molecule has 0 fully saturated rings. The number of halogens is 2. The number of benzene rings is 2. The molecule has 0 radical (unpaired) electrons. The van der Waals surface area contributed by atoms with Crippen molar-refractivity contribution in [3.05, 3.63) is 78.8 Å². The molecule has 2 amide bonds. The third-order valence-electron chi connectivity index (χ3n) is 3.83. The summed E-state index contributed by atoms with van der Waals surface area (Å²) in [5, 5.41) is 4.96. The molecule has 6 nitrogen and oxygen atoms in total. The first-order valence-electron chi connectivity index (χ1n) is 8.02. The molecule has 4 rings (SSSR count). The lowest BCUT2D eigenvalue weighted by atomic mass is 10.1. The van der Waals surface area contributed by atoms with E-state index in [2.05, 4.69) is 20.6 Å². The second-order valence-electron chi connectivity index (χ2n) is 5.74. The van der Waals surface area contributed by atoms with Crippen molar-refractivity contribution in [2.45, 2.75) is 0 Å². The van der Waals surface area contributed by atoms with Crippen LogP contribution in [0.3, 0.4) is 0 Å². The lowest BCUT2D eigenvalue weighted by Crippen LogP contribution is -2.20. The topological polar surface area (TPSA) is 71.3 Å². The Morgan fingerprint density at radius 2 is 1.93 bits per heavy atom. The van der Waals surface area contributed by atoms with Crippen LogP contribution < -0.4 is 10.6 Å². The van der Waals surface area contributed by atoms with Crippen LogP contribution in [-0.2, 0) is 0 Å². The molecule has 0 spiro atoms. The molecule has 0 atom stereocenters. The lowest BCUT2D eigenvalue weighted by Gasteiger charge is -2.09. The molecule has 2 heterocycles. The van der Waals surface area contributed by atoms with Crippen molar-refractivity contribution < 1.29 is 13.6 Å². The number of aromatic nitrogens is 3. The van der Waals surface area contributed by atoms with Crippen LogP contribution in [0.4, 0.5) is 25.0 Å². The highest BCUT2D eigenvalue weighted by Crippen LogP contribution is 2.22. The van der Waals surface area contributed by atoms with Crippen molar-refractivity contribution >= 4 is 23.2 Å². The number of hydrogen-bond donors (Lipinski definition) is 2. The van der Waals surface area contributed by atoms with Gasteiger partial charge in [-0.2, -0.15) is 0 Å². The molecular weight excluding hydrogens is 352 g/mol. The Morgan fingerprint density at radius 1 is 1.04 bits per heavy atom. The average molecular weight is 365 g/mol. The van der Waals surface area contributed by atoms with Gasteiger partial charge in [-0.05, 0) is 30.3 Å². The summed E-state index contributed by atoms with van der Waals surface area (Å²) in [6, 6.07) is 11.1. The second-order valence-corrected chi connectivity index (χ2v) is 5.74. The monoisotopic (exact) mass is 365 g/mol. The van der Waals surface area contributed by atoms with Crippen LogP contribution in [0.1, 0.15) is 0 Å². The molecule has 0 saturated heterocycles. The Hall–Kier alpha value is -3.81. The van der Waals surface area contributed by atoms with Gasteiger partial charge in [0.2, 0.25) is 5.78 Å². The molecule has 27 heavy (non-hydrogen) atoms. The molecule has 0 bridgehead atoms. The molecule has 4 aromatic rings. The van der Waals surface area contributed by atoms with Gasteiger partial charge in [0, 0.05) is 35.9 Å². The number of nitrogens with zero attached hydrogens (tertiary/aromatic N) is 3. The van der Waals surface area contributed by atoms with E-state index in [4.69, 9.17) is 0 Å². The third kappa shape index (κ3) is 3.59. The minimum Gasteiger partial charge on any atom is -0.308 e. The number of carbonyl (C=O) groups is 1. The number of amides is 2. The molecule has 0 aliphatic carbocycles. The number of imidazole rings is 1. The fourth-order valence-electron chi connectivity index (χ4n) is 2.60. The maximum atomic E-state index is 13.6. The highest BCUT2D eigenvalue weighted by atomic mass is 19.1. The summed E-state index contributed by atoms with van der Waals surface area (Å²) in [4.78, 5) is 20.7. The molecular formula is C19H13F2N5O. The first-order valence-corrected chi connectivity index (χ1v) is 8.02. The van der Waals surface area contributed by atoms with Crippen molar-refractivity contribution in [2.24, 2.45) is 0 Å². The van der Waals surface area contributed by atoms with Gasteiger partial charge < -0.3 is 10.6 Å². The van der Waals surface area contributed by atoms with Crippen LogP contribution >= 0.6 is 0 Å². The Labute approximate surface area is 152 Å². The summed E-state index contributed by atoms with van der Waals surface area (Å²) in [5.41, 5.74) is 1.86. The van der Waals surface area contributed by atoms with Gasteiger partial charge in [-0.25, -0.2) is 23.5 Å². The molecule has 0 aliphatic heterocycles. The van der Waals surface area contributed by atoms with E-state index in [0.717, 1.165) is 17.7 Å². The molecule has 8 heteroatoms. The largest absolute Gasteiger partial charge is 0.323 e. The van der Waals surface area contributed by atoms with Crippen LogP contribution in [-0.4, -0.2) is 20.4 Å². The van der Waals surface area contributed by atoms with Gasteiger partial charge in [0.15, 0.2) is 0 Å². The van der Waals surface area contributed by atoms with Crippen molar-refractivity contribution in [1.82, 2.24) is 14.4 Å². The maximum Gasteiger partial charge on any atom is 0.323 e. The predicted molar refractivity (Wildman–Crippen MR) is 97.4 cm³/mol. The summed E-state index contributed by atoms with van der Waals surface area (Å²) < 4.78 is 28.4. The minimum absolute atomic E-state index is 0.114. The van der Waals surface area contributed by atoms with Gasteiger partial charge in [-0.1, -0.05) is 12.1 Å². The number of hydrogen-bond acceptors (Lipinski definition) is 3. The Kier molecular flexibility index (Phi) is 4.21.